The first-order valence-electron chi connectivity index (χ1n) is 10.7. The number of imidazole rings is 1. The number of benzene rings is 1. The lowest BCUT2D eigenvalue weighted by Gasteiger charge is -2.55. The summed E-state index contributed by atoms with van der Waals surface area (Å²) in [5.74, 6) is 2.88. The zero-order valence-corrected chi connectivity index (χ0v) is 16.5. The summed E-state index contributed by atoms with van der Waals surface area (Å²) in [6.45, 7) is 4.81. The summed E-state index contributed by atoms with van der Waals surface area (Å²) in [6.07, 6.45) is 10.8. The molecule has 4 heterocycles. The zero-order chi connectivity index (χ0) is 18.2. The number of piperidine rings is 3. The molecular weight excluding hydrogens is 332 g/mol. The zero-order valence-electron chi connectivity index (χ0n) is 16.5. The van der Waals surface area contributed by atoms with Gasteiger partial charge >= 0.3 is 0 Å². The molecule has 3 aliphatic rings. The van der Waals surface area contributed by atoms with E-state index in [2.05, 4.69) is 62.9 Å². The molecule has 0 aliphatic carbocycles. The van der Waals surface area contributed by atoms with Crippen LogP contribution < -0.4 is 0 Å². The van der Waals surface area contributed by atoms with Crippen LogP contribution in [0.4, 0.5) is 0 Å². The lowest BCUT2D eigenvalue weighted by atomic mass is 9.74. The van der Waals surface area contributed by atoms with Crippen LogP contribution in [0.3, 0.4) is 0 Å². The van der Waals surface area contributed by atoms with E-state index in [0.29, 0.717) is 0 Å². The third kappa shape index (κ3) is 3.57. The van der Waals surface area contributed by atoms with E-state index in [0.717, 1.165) is 30.5 Å². The molecule has 0 N–H and O–H groups in total. The quantitative estimate of drug-likeness (QED) is 0.832. The van der Waals surface area contributed by atoms with Crippen molar-refractivity contribution in [3.63, 3.8) is 0 Å². The number of likely N-dealkylation sites (tertiary alicyclic amines) is 1. The van der Waals surface area contributed by atoms with Crippen LogP contribution in [0.1, 0.15) is 37.1 Å². The van der Waals surface area contributed by atoms with E-state index in [1.165, 1.54) is 63.1 Å². The molecule has 1 aromatic carbocycles. The van der Waals surface area contributed by atoms with E-state index in [9.17, 15) is 0 Å². The molecule has 2 bridgehead atoms. The number of hydrogen-bond donors (Lipinski definition) is 0. The minimum absolute atomic E-state index is 0.748. The number of fused-ring (bicyclic) bond motifs is 4. The van der Waals surface area contributed by atoms with Crippen LogP contribution in [0, 0.1) is 11.8 Å². The average Bonchev–Trinajstić information content (AvgIpc) is 3.08. The molecule has 3 saturated heterocycles. The summed E-state index contributed by atoms with van der Waals surface area (Å²) in [6, 6.07) is 12.7. The second-order valence-corrected chi connectivity index (χ2v) is 9.05. The Morgan fingerprint density at radius 2 is 1.96 bits per heavy atom. The number of hydrogen-bond acceptors (Lipinski definition) is 3. The van der Waals surface area contributed by atoms with E-state index in [-0.39, 0.29) is 0 Å². The number of rotatable bonds is 4. The first-order valence-corrected chi connectivity index (χ1v) is 10.7. The molecule has 4 atom stereocenters. The standard InChI is InChI=1S/C23H32N4/c1-25-11-10-24-23(25)17-26-14-19-12-20(16-26)22-9-5-8-21(27(22)15-19)13-18-6-3-2-4-7-18/h2-4,6-7,10-11,19-22H,5,8-9,12-17H2,1H3/t19-,20+,21+,22-/m0/s1. The minimum Gasteiger partial charge on any atom is -0.337 e. The molecule has 2 aromatic rings. The molecule has 1 aromatic heterocycles. The van der Waals surface area contributed by atoms with Crippen molar-refractivity contribution < 1.29 is 0 Å². The van der Waals surface area contributed by atoms with E-state index < -0.39 is 0 Å². The van der Waals surface area contributed by atoms with Crippen molar-refractivity contribution in [1.29, 1.82) is 0 Å². The van der Waals surface area contributed by atoms with Crippen molar-refractivity contribution in [3.8, 4) is 0 Å². The molecule has 27 heavy (non-hydrogen) atoms. The number of nitrogens with zero attached hydrogens (tertiary/aromatic N) is 4. The molecule has 0 saturated carbocycles. The van der Waals surface area contributed by atoms with Crippen molar-refractivity contribution in [2.45, 2.75) is 50.7 Å². The Morgan fingerprint density at radius 3 is 2.78 bits per heavy atom. The molecule has 4 nitrogen and oxygen atoms in total. The molecule has 3 aliphatic heterocycles. The van der Waals surface area contributed by atoms with Gasteiger partial charge in [0.2, 0.25) is 0 Å². The van der Waals surface area contributed by atoms with Gasteiger partial charge in [0.05, 0.1) is 6.54 Å². The van der Waals surface area contributed by atoms with Crippen LogP contribution in [0.25, 0.3) is 0 Å². The summed E-state index contributed by atoms with van der Waals surface area (Å²) in [4.78, 5) is 10.2. The summed E-state index contributed by atoms with van der Waals surface area (Å²) in [7, 11) is 2.12. The fourth-order valence-corrected chi connectivity index (χ4v) is 6.00. The maximum atomic E-state index is 4.56. The van der Waals surface area contributed by atoms with Gasteiger partial charge in [0.1, 0.15) is 5.82 Å². The smallest absolute Gasteiger partial charge is 0.122 e. The number of aromatic nitrogens is 2. The van der Waals surface area contributed by atoms with Gasteiger partial charge in [-0.1, -0.05) is 36.8 Å². The van der Waals surface area contributed by atoms with Gasteiger partial charge in [0.15, 0.2) is 0 Å². The second-order valence-electron chi connectivity index (χ2n) is 9.05. The van der Waals surface area contributed by atoms with Gasteiger partial charge in [0.25, 0.3) is 0 Å². The first-order chi connectivity index (χ1) is 13.3. The summed E-state index contributed by atoms with van der Waals surface area (Å²) in [5, 5.41) is 0. The topological polar surface area (TPSA) is 24.3 Å². The highest BCUT2D eigenvalue weighted by atomic mass is 15.3. The Bertz CT molecular complexity index is 755. The Labute approximate surface area is 163 Å². The number of aryl methyl sites for hydroxylation is 1. The Hall–Kier alpha value is -1.65. The van der Waals surface area contributed by atoms with Gasteiger partial charge in [-0.25, -0.2) is 4.98 Å². The third-order valence-corrected chi connectivity index (χ3v) is 7.19. The maximum Gasteiger partial charge on any atom is 0.122 e. The fraction of sp³-hybridized carbons (Fsp3) is 0.609. The monoisotopic (exact) mass is 364 g/mol. The van der Waals surface area contributed by atoms with Gasteiger partial charge in [-0.3, -0.25) is 9.80 Å². The summed E-state index contributed by atoms with van der Waals surface area (Å²) >= 11 is 0. The summed E-state index contributed by atoms with van der Waals surface area (Å²) < 4.78 is 2.17. The van der Waals surface area contributed by atoms with Crippen molar-refractivity contribution >= 4 is 0 Å². The largest absolute Gasteiger partial charge is 0.337 e. The average molecular weight is 365 g/mol. The Morgan fingerprint density at radius 1 is 1.07 bits per heavy atom. The van der Waals surface area contributed by atoms with Crippen LogP contribution in [-0.2, 0) is 20.0 Å². The molecule has 0 amide bonds. The molecule has 4 heteroatoms. The van der Waals surface area contributed by atoms with E-state index in [4.69, 9.17) is 0 Å². The molecule has 0 unspecified atom stereocenters. The minimum atomic E-state index is 0.748. The predicted octanol–water partition coefficient (Wildman–Crippen LogP) is 3.34. The van der Waals surface area contributed by atoms with Crippen LogP contribution in [0.5, 0.6) is 0 Å². The molecular formula is C23H32N4. The molecule has 0 radical (unpaired) electrons. The van der Waals surface area contributed by atoms with Crippen molar-refractivity contribution in [2.24, 2.45) is 18.9 Å². The van der Waals surface area contributed by atoms with Gasteiger partial charge < -0.3 is 4.57 Å². The lowest BCUT2D eigenvalue weighted by molar-refractivity contribution is -0.0584. The highest BCUT2D eigenvalue weighted by Gasteiger charge is 2.44. The van der Waals surface area contributed by atoms with Gasteiger partial charge in [-0.2, -0.15) is 0 Å². The van der Waals surface area contributed by atoms with Crippen molar-refractivity contribution in [2.75, 3.05) is 19.6 Å². The van der Waals surface area contributed by atoms with E-state index in [1.54, 1.807) is 0 Å². The maximum absolute atomic E-state index is 4.56. The molecule has 5 rings (SSSR count). The van der Waals surface area contributed by atoms with Gasteiger partial charge in [0, 0.05) is 51.2 Å². The van der Waals surface area contributed by atoms with Crippen LogP contribution in [0.2, 0.25) is 0 Å². The fourth-order valence-electron chi connectivity index (χ4n) is 6.00. The van der Waals surface area contributed by atoms with E-state index >= 15 is 0 Å². The highest BCUT2D eigenvalue weighted by Crippen LogP contribution is 2.40. The Balaban J connectivity index is 1.28. The molecule has 144 valence electrons. The van der Waals surface area contributed by atoms with Crippen LogP contribution in [-0.4, -0.2) is 51.1 Å². The molecule has 0 spiro atoms. The van der Waals surface area contributed by atoms with Crippen molar-refractivity contribution in [3.05, 3.63) is 54.1 Å². The van der Waals surface area contributed by atoms with Crippen molar-refractivity contribution in [1.82, 2.24) is 19.4 Å². The van der Waals surface area contributed by atoms with Gasteiger partial charge in [-0.15, -0.1) is 0 Å². The normalized spacial score (nSPS) is 31.6. The molecule has 3 fully saturated rings. The van der Waals surface area contributed by atoms with Gasteiger partial charge in [-0.05, 0) is 43.1 Å². The highest BCUT2D eigenvalue weighted by molar-refractivity contribution is 5.16. The first kappa shape index (κ1) is 17.4. The summed E-state index contributed by atoms with van der Waals surface area (Å²) in [5.41, 5.74) is 1.51. The Kier molecular flexibility index (Phi) is 4.78. The third-order valence-electron chi connectivity index (χ3n) is 7.19. The second kappa shape index (κ2) is 7.40. The van der Waals surface area contributed by atoms with Crippen LogP contribution in [0.15, 0.2) is 42.7 Å². The van der Waals surface area contributed by atoms with Crippen LogP contribution >= 0.6 is 0 Å². The SMILES string of the molecule is Cn1ccnc1CN1C[C@@H]2C[C@H](C1)[C@@H]1CCC[C@H](Cc3ccccc3)N1C2. The lowest BCUT2D eigenvalue weighted by Crippen LogP contribution is -2.61. The van der Waals surface area contributed by atoms with E-state index in [1.807, 2.05) is 6.20 Å². The predicted molar refractivity (Wildman–Crippen MR) is 108 cm³/mol.